The van der Waals surface area contributed by atoms with E-state index in [0.29, 0.717) is 5.71 Å². The van der Waals surface area contributed by atoms with Crippen molar-refractivity contribution in [2.24, 2.45) is 0 Å². The van der Waals surface area contributed by atoms with Crippen LogP contribution in [0, 0.1) is 5.41 Å². The summed E-state index contributed by atoms with van der Waals surface area (Å²) in [5, 5.41) is 8.40. The van der Waals surface area contributed by atoms with Crippen molar-refractivity contribution in [1.82, 2.24) is 0 Å². The van der Waals surface area contributed by atoms with Gasteiger partial charge < -0.3 is 0 Å². The van der Waals surface area contributed by atoms with Gasteiger partial charge in [-0.25, -0.2) is 0 Å². The fourth-order valence-electron chi connectivity index (χ4n) is 2.04. The monoisotopic (exact) mass is 235 g/mol. The summed E-state index contributed by atoms with van der Waals surface area (Å²) in [5.74, 6) is 0. The van der Waals surface area contributed by atoms with E-state index in [-0.39, 0.29) is 0 Å². The zero-order chi connectivity index (χ0) is 13.0. The van der Waals surface area contributed by atoms with Crippen LogP contribution < -0.4 is 0 Å². The van der Waals surface area contributed by atoms with E-state index in [1.165, 1.54) is 0 Å². The Balaban J connectivity index is 2.47. The Morgan fingerprint density at radius 3 is 1.61 bits per heavy atom. The summed E-state index contributed by atoms with van der Waals surface area (Å²) in [4.78, 5) is 0. The summed E-state index contributed by atoms with van der Waals surface area (Å²) in [5.41, 5.74) is 4.82. The maximum Gasteiger partial charge on any atom is 0.0689 e. The molecule has 0 saturated carbocycles. The van der Waals surface area contributed by atoms with Gasteiger partial charge in [0.2, 0.25) is 0 Å². The van der Waals surface area contributed by atoms with Gasteiger partial charge in [-0.15, -0.1) is 0 Å². The number of hydrogen-bond donors (Lipinski definition) is 1. The van der Waals surface area contributed by atoms with E-state index in [1.54, 1.807) is 0 Å². The largest absolute Gasteiger partial charge is 0.300 e. The van der Waals surface area contributed by atoms with Gasteiger partial charge in [-0.2, -0.15) is 0 Å². The van der Waals surface area contributed by atoms with Gasteiger partial charge >= 0.3 is 0 Å². The van der Waals surface area contributed by atoms with E-state index >= 15 is 0 Å². The highest BCUT2D eigenvalue weighted by molar-refractivity contribution is 6.30. The molecule has 0 heterocycles. The van der Waals surface area contributed by atoms with Crippen molar-refractivity contribution in [1.29, 1.82) is 5.41 Å². The van der Waals surface area contributed by atoms with Crippen LogP contribution in [0.25, 0.3) is 5.57 Å². The highest BCUT2D eigenvalue weighted by atomic mass is 14.4. The molecule has 90 valence electrons. The molecule has 0 aliphatic carbocycles. The Bertz CT molecular complexity index is 561. The van der Waals surface area contributed by atoms with Crippen LogP contribution in [0.5, 0.6) is 0 Å². The summed E-state index contributed by atoms with van der Waals surface area (Å²) in [6.45, 7) is 4.11. The molecule has 0 fully saturated rings. The SMILES string of the molecule is CC(C)=C(C(=N)c1ccccc1)c1ccccc1. The van der Waals surface area contributed by atoms with Crippen LogP contribution in [0.4, 0.5) is 0 Å². The molecule has 1 heteroatoms. The number of nitrogens with one attached hydrogen (secondary N) is 1. The summed E-state index contributed by atoms with van der Waals surface area (Å²) in [7, 11) is 0. The van der Waals surface area contributed by atoms with Gasteiger partial charge in [0, 0.05) is 11.1 Å². The van der Waals surface area contributed by atoms with Crippen molar-refractivity contribution < 1.29 is 0 Å². The summed E-state index contributed by atoms with van der Waals surface area (Å²) in [6.07, 6.45) is 0. The maximum atomic E-state index is 8.40. The van der Waals surface area contributed by atoms with Gasteiger partial charge in [0.15, 0.2) is 0 Å². The van der Waals surface area contributed by atoms with E-state index < -0.39 is 0 Å². The van der Waals surface area contributed by atoms with Crippen molar-refractivity contribution in [3.8, 4) is 0 Å². The third-order valence-corrected chi connectivity index (χ3v) is 2.87. The summed E-state index contributed by atoms with van der Waals surface area (Å²) < 4.78 is 0. The predicted molar refractivity (Wildman–Crippen MR) is 78.0 cm³/mol. The van der Waals surface area contributed by atoms with Gasteiger partial charge in [-0.1, -0.05) is 66.2 Å². The summed E-state index contributed by atoms with van der Waals surface area (Å²) >= 11 is 0. The standard InChI is InChI=1S/C17H17N/c1-13(2)16(14-9-5-3-6-10-14)17(18)15-11-7-4-8-12-15/h3-12,18H,1-2H3. The predicted octanol–water partition coefficient (Wildman–Crippen LogP) is 4.55. The van der Waals surface area contributed by atoms with Crippen LogP contribution in [0.3, 0.4) is 0 Å². The minimum atomic E-state index is 0.585. The van der Waals surface area contributed by atoms with Gasteiger partial charge in [-0.05, 0) is 19.4 Å². The van der Waals surface area contributed by atoms with Crippen molar-refractivity contribution in [3.05, 3.63) is 77.4 Å². The highest BCUT2D eigenvalue weighted by Crippen LogP contribution is 2.23. The molecule has 18 heavy (non-hydrogen) atoms. The zero-order valence-electron chi connectivity index (χ0n) is 10.8. The van der Waals surface area contributed by atoms with Crippen LogP contribution in [0.1, 0.15) is 25.0 Å². The van der Waals surface area contributed by atoms with E-state index in [9.17, 15) is 0 Å². The lowest BCUT2D eigenvalue weighted by Crippen LogP contribution is -2.04. The van der Waals surface area contributed by atoms with Crippen LogP contribution in [-0.4, -0.2) is 5.71 Å². The first kappa shape index (κ1) is 12.3. The molecule has 0 spiro atoms. The van der Waals surface area contributed by atoms with Crippen molar-refractivity contribution in [2.75, 3.05) is 0 Å². The molecular formula is C17H17N. The molecule has 0 aliphatic rings. The van der Waals surface area contributed by atoms with Crippen molar-refractivity contribution >= 4 is 11.3 Å². The third kappa shape index (κ3) is 2.57. The van der Waals surface area contributed by atoms with Gasteiger partial charge in [0.25, 0.3) is 0 Å². The Hall–Kier alpha value is -2.15. The molecule has 1 nitrogen and oxygen atoms in total. The van der Waals surface area contributed by atoms with E-state index in [1.807, 2.05) is 48.5 Å². The molecule has 2 aromatic carbocycles. The molecule has 0 bridgehead atoms. The molecule has 0 radical (unpaired) electrons. The number of benzene rings is 2. The molecular weight excluding hydrogens is 218 g/mol. The minimum Gasteiger partial charge on any atom is -0.300 e. The Morgan fingerprint density at radius 1 is 0.722 bits per heavy atom. The molecule has 2 rings (SSSR count). The third-order valence-electron chi connectivity index (χ3n) is 2.87. The summed E-state index contributed by atoms with van der Waals surface area (Å²) in [6, 6.07) is 20.0. The molecule has 0 amide bonds. The average molecular weight is 235 g/mol. The average Bonchev–Trinajstić information content (AvgIpc) is 2.40. The second-order valence-corrected chi connectivity index (χ2v) is 4.48. The zero-order valence-corrected chi connectivity index (χ0v) is 10.8. The topological polar surface area (TPSA) is 23.9 Å². The fourth-order valence-corrected chi connectivity index (χ4v) is 2.04. The normalized spacial score (nSPS) is 9.89. The fraction of sp³-hybridized carbons (Fsp3) is 0.118. The number of hydrogen-bond acceptors (Lipinski definition) is 1. The first-order valence-corrected chi connectivity index (χ1v) is 6.07. The van der Waals surface area contributed by atoms with Crippen molar-refractivity contribution in [3.63, 3.8) is 0 Å². The van der Waals surface area contributed by atoms with Gasteiger partial charge in [-0.3, -0.25) is 5.41 Å². The quantitative estimate of drug-likeness (QED) is 0.755. The van der Waals surface area contributed by atoms with Crippen LogP contribution in [-0.2, 0) is 0 Å². The van der Waals surface area contributed by atoms with Crippen LogP contribution in [0.15, 0.2) is 66.2 Å². The van der Waals surface area contributed by atoms with Gasteiger partial charge in [0.05, 0.1) is 5.71 Å². The first-order chi connectivity index (χ1) is 8.70. The van der Waals surface area contributed by atoms with Gasteiger partial charge in [0.1, 0.15) is 0 Å². The second-order valence-electron chi connectivity index (χ2n) is 4.48. The van der Waals surface area contributed by atoms with Crippen LogP contribution in [0.2, 0.25) is 0 Å². The molecule has 1 N–H and O–H groups in total. The maximum absolute atomic E-state index is 8.40. The molecule has 0 unspecified atom stereocenters. The molecule has 0 atom stereocenters. The first-order valence-electron chi connectivity index (χ1n) is 6.07. The Kier molecular flexibility index (Phi) is 3.73. The van der Waals surface area contributed by atoms with E-state index in [2.05, 4.69) is 26.0 Å². The van der Waals surface area contributed by atoms with E-state index in [4.69, 9.17) is 5.41 Å². The molecule has 2 aromatic rings. The number of allylic oxidation sites excluding steroid dienone is 2. The lowest BCUT2D eigenvalue weighted by atomic mass is 9.93. The molecule has 0 saturated heterocycles. The van der Waals surface area contributed by atoms with E-state index in [0.717, 1.165) is 22.3 Å². The molecule has 0 aromatic heterocycles. The smallest absolute Gasteiger partial charge is 0.0689 e. The Morgan fingerprint density at radius 2 is 1.17 bits per heavy atom. The minimum absolute atomic E-state index is 0.585. The van der Waals surface area contributed by atoms with Crippen molar-refractivity contribution in [2.45, 2.75) is 13.8 Å². The molecule has 0 aliphatic heterocycles. The lowest BCUT2D eigenvalue weighted by Gasteiger charge is -2.12. The number of rotatable bonds is 3. The lowest BCUT2D eigenvalue weighted by molar-refractivity contribution is 1.38. The highest BCUT2D eigenvalue weighted by Gasteiger charge is 2.11. The second kappa shape index (κ2) is 5.46. The van der Waals surface area contributed by atoms with Crippen LogP contribution >= 0.6 is 0 Å². The Labute approximate surface area is 108 Å².